The number of carbonyl (C=O) groups is 4. The lowest BCUT2D eigenvalue weighted by atomic mass is 10.1. The van der Waals surface area contributed by atoms with Crippen LogP contribution >= 0.6 is 23.4 Å². The zero-order valence-electron chi connectivity index (χ0n) is 23.3. The number of benzene rings is 4. The zero-order valence-corrected chi connectivity index (χ0v) is 24.8. The minimum Gasteiger partial charge on any atom is -0.478 e. The minimum absolute atomic E-state index is 0.0286. The lowest BCUT2D eigenvalue weighted by Crippen LogP contribution is -2.30. The van der Waals surface area contributed by atoms with Crippen LogP contribution in [0.3, 0.4) is 0 Å². The largest absolute Gasteiger partial charge is 0.478 e. The highest BCUT2D eigenvalue weighted by Crippen LogP contribution is 2.28. The first-order valence-corrected chi connectivity index (χ1v) is 14.4. The monoisotopic (exact) mass is 613 g/mol. The lowest BCUT2D eigenvalue weighted by molar-refractivity contribution is -0.115. The Morgan fingerprint density at radius 3 is 2.26 bits per heavy atom. The van der Waals surface area contributed by atoms with E-state index in [4.69, 9.17) is 11.6 Å². The molecule has 0 spiro atoms. The minimum atomic E-state index is -1.08. The standard InChI is InChI=1S/C33H28ClN3O5S/c1-20-11-14-24(33(41)42)18-28(20)36-30(38)21(2)43-27-10-6-9-26(19-27)35-32(40)29(17-22-12-15-25(34)16-13-22)37-31(39)23-7-4-3-5-8-23/h3-19,21H,1-2H3,(H,35,40)(H,36,38)(H,37,39)(H,41,42)/b29-17+. The number of rotatable bonds is 10. The molecule has 10 heteroatoms. The zero-order chi connectivity index (χ0) is 30.9. The van der Waals surface area contributed by atoms with Crippen LogP contribution in [0.25, 0.3) is 6.08 Å². The van der Waals surface area contributed by atoms with Gasteiger partial charge in [-0.2, -0.15) is 0 Å². The number of carboxylic acids is 1. The maximum absolute atomic E-state index is 13.4. The number of hydrogen-bond acceptors (Lipinski definition) is 5. The van der Waals surface area contributed by atoms with Crippen molar-refractivity contribution < 1.29 is 24.3 Å². The molecule has 4 aromatic rings. The number of aryl methyl sites for hydroxylation is 1. The second-order valence-electron chi connectivity index (χ2n) is 9.50. The fourth-order valence-corrected chi connectivity index (χ4v) is 4.95. The highest BCUT2D eigenvalue weighted by Gasteiger charge is 2.18. The van der Waals surface area contributed by atoms with E-state index < -0.39 is 23.0 Å². The van der Waals surface area contributed by atoms with Gasteiger partial charge in [-0.15, -0.1) is 11.8 Å². The molecule has 0 radical (unpaired) electrons. The molecule has 1 unspecified atom stereocenters. The number of hydrogen-bond donors (Lipinski definition) is 4. The van der Waals surface area contributed by atoms with Gasteiger partial charge in [0.1, 0.15) is 5.70 Å². The maximum atomic E-state index is 13.4. The van der Waals surface area contributed by atoms with Crippen LogP contribution in [0.1, 0.15) is 38.8 Å². The molecule has 4 aromatic carbocycles. The van der Waals surface area contributed by atoms with E-state index in [2.05, 4.69) is 16.0 Å². The Hall–Kier alpha value is -4.86. The van der Waals surface area contributed by atoms with Crippen LogP contribution in [-0.2, 0) is 9.59 Å². The Labute approximate surface area is 258 Å². The van der Waals surface area contributed by atoms with Crippen molar-refractivity contribution in [3.63, 3.8) is 0 Å². The fraction of sp³-hybridized carbons (Fsp3) is 0.0909. The van der Waals surface area contributed by atoms with E-state index in [1.54, 1.807) is 98.8 Å². The summed E-state index contributed by atoms with van der Waals surface area (Å²) < 4.78 is 0. The summed E-state index contributed by atoms with van der Waals surface area (Å²) in [5.74, 6) is -2.37. The molecule has 0 aliphatic carbocycles. The first-order chi connectivity index (χ1) is 20.6. The molecule has 0 fully saturated rings. The molecule has 4 rings (SSSR count). The summed E-state index contributed by atoms with van der Waals surface area (Å²) >= 11 is 7.27. The molecule has 0 aliphatic heterocycles. The van der Waals surface area contributed by atoms with Crippen molar-refractivity contribution in [2.45, 2.75) is 24.0 Å². The molecule has 1 atom stereocenters. The number of halogens is 1. The van der Waals surface area contributed by atoms with Gasteiger partial charge in [-0.1, -0.05) is 54.1 Å². The Balaban J connectivity index is 1.48. The summed E-state index contributed by atoms with van der Waals surface area (Å²) in [5, 5.41) is 17.6. The van der Waals surface area contributed by atoms with E-state index in [1.165, 1.54) is 23.9 Å². The van der Waals surface area contributed by atoms with Crippen molar-refractivity contribution in [1.29, 1.82) is 0 Å². The first kappa shape index (κ1) is 31.1. The quantitative estimate of drug-likeness (QED) is 0.114. The van der Waals surface area contributed by atoms with Crippen LogP contribution in [0.4, 0.5) is 11.4 Å². The van der Waals surface area contributed by atoms with E-state index in [0.29, 0.717) is 32.4 Å². The second kappa shape index (κ2) is 14.4. The van der Waals surface area contributed by atoms with E-state index >= 15 is 0 Å². The van der Waals surface area contributed by atoms with Gasteiger partial charge in [-0.05, 0) is 85.6 Å². The lowest BCUT2D eigenvalue weighted by Gasteiger charge is -2.15. The number of anilines is 2. The van der Waals surface area contributed by atoms with Gasteiger partial charge in [0.15, 0.2) is 0 Å². The van der Waals surface area contributed by atoms with E-state index in [1.807, 2.05) is 6.07 Å². The van der Waals surface area contributed by atoms with Crippen LogP contribution < -0.4 is 16.0 Å². The predicted molar refractivity (Wildman–Crippen MR) is 170 cm³/mol. The van der Waals surface area contributed by atoms with Crippen LogP contribution in [-0.4, -0.2) is 34.0 Å². The summed E-state index contributed by atoms with van der Waals surface area (Å²) in [4.78, 5) is 51.2. The van der Waals surface area contributed by atoms with Crippen molar-refractivity contribution in [3.05, 3.63) is 130 Å². The molecular formula is C33H28ClN3O5S. The molecule has 0 saturated heterocycles. The molecular weight excluding hydrogens is 586 g/mol. The Morgan fingerprint density at radius 2 is 1.56 bits per heavy atom. The third kappa shape index (κ3) is 8.81. The van der Waals surface area contributed by atoms with Crippen molar-refractivity contribution in [2.24, 2.45) is 0 Å². The Bertz CT molecular complexity index is 1690. The first-order valence-electron chi connectivity index (χ1n) is 13.2. The van der Waals surface area contributed by atoms with Crippen LogP contribution in [0.15, 0.2) is 108 Å². The maximum Gasteiger partial charge on any atom is 0.335 e. The van der Waals surface area contributed by atoms with E-state index in [0.717, 1.165) is 5.56 Å². The van der Waals surface area contributed by atoms with Gasteiger partial charge in [0.25, 0.3) is 11.8 Å². The number of carboxylic acid groups (broad SMARTS) is 1. The van der Waals surface area contributed by atoms with Crippen molar-refractivity contribution in [2.75, 3.05) is 10.6 Å². The number of aromatic carboxylic acids is 1. The molecule has 3 amide bonds. The van der Waals surface area contributed by atoms with Gasteiger partial charge in [0, 0.05) is 26.9 Å². The fourth-order valence-electron chi connectivity index (χ4n) is 3.90. The SMILES string of the molecule is Cc1ccc(C(=O)O)cc1NC(=O)C(C)Sc1cccc(NC(=O)/C(=C\c2ccc(Cl)cc2)NC(=O)c2ccccc2)c1. The third-order valence-corrected chi connectivity index (χ3v) is 7.57. The topological polar surface area (TPSA) is 125 Å². The molecule has 0 aliphatic rings. The molecule has 0 saturated carbocycles. The van der Waals surface area contributed by atoms with Gasteiger partial charge < -0.3 is 21.1 Å². The van der Waals surface area contributed by atoms with Crippen molar-refractivity contribution >= 4 is 64.5 Å². The summed E-state index contributed by atoms with van der Waals surface area (Å²) in [6.07, 6.45) is 1.55. The molecule has 43 heavy (non-hydrogen) atoms. The molecule has 8 nitrogen and oxygen atoms in total. The molecule has 0 heterocycles. The number of amides is 3. The average molecular weight is 614 g/mol. The van der Waals surface area contributed by atoms with Crippen LogP contribution in [0.5, 0.6) is 0 Å². The van der Waals surface area contributed by atoms with Gasteiger partial charge in [-0.3, -0.25) is 14.4 Å². The van der Waals surface area contributed by atoms with Gasteiger partial charge >= 0.3 is 5.97 Å². The normalized spacial score (nSPS) is 11.7. The smallest absolute Gasteiger partial charge is 0.335 e. The highest BCUT2D eigenvalue weighted by molar-refractivity contribution is 8.00. The second-order valence-corrected chi connectivity index (χ2v) is 11.3. The van der Waals surface area contributed by atoms with Crippen LogP contribution in [0.2, 0.25) is 5.02 Å². The van der Waals surface area contributed by atoms with Gasteiger partial charge in [-0.25, -0.2) is 4.79 Å². The molecule has 0 bridgehead atoms. The van der Waals surface area contributed by atoms with Crippen LogP contribution in [0, 0.1) is 6.92 Å². The van der Waals surface area contributed by atoms with Gasteiger partial charge in [0.05, 0.1) is 10.8 Å². The predicted octanol–water partition coefficient (Wildman–Crippen LogP) is 6.88. The summed E-state index contributed by atoms with van der Waals surface area (Å²) in [6.45, 7) is 3.51. The number of thioether (sulfide) groups is 1. The van der Waals surface area contributed by atoms with Gasteiger partial charge in [0.2, 0.25) is 5.91 Å². The number of nitrogens with one attached hydrogen (secondary N) is 3. The van der Waals surface area contributed by atoms with Crippen molar-refractivity contribution in [1.82, 2.24) is 5.32 Å². The molecule has 4 N–H and O–H groups in total. The molecule has 0 aromatic heterocycles. The molecule has 218 valence electrons. The number of carbonyl (C=O) groups excluding carboxylic acids is 3. The Morgan fingerprint density at radius 1 is 0.837 bits per heavy atom. The summed E-state index contributed by atoms with van der Waals surface area (Å²) in [6, 6.07) is 26.9. The Kier molecular flexibility index (Phi) is 10.4. The summed E-state index contributed by atoms with van der Waals surface area (Å²) in [5.41, 5.74) is 2.79. The van der Waals surface area contributed by atoms with E-state index in [9.17, 15) is 24.3 Å². The summed E-state index contributed by atoms with van der Waals surface area (Å²) in [7, 11) is 0. The highest BCUT2D eigenvalue weighted by atomic mass is 35.5. The average Bonchev–Trinajstić information content (AvgIpc) is 2.99. The van der Waals surface area contributed by atoms with E-state index in [-0.39, 0.29) is 17.2 Å². The third-order valence-electron chi connectivity index (χ3n) is 6.23. The van der Waals surface area contributed by atoms with Crippen molar-refractivity contribution in [3.8, 4) is 0 Å².